The number of carbonyl (C=O) groups is 1. The number of carbonyl (C=O) groups excluding carboxylic acids is 1. The van der Waals surface area contributed by atoms with Crippen molar-refractivity contribution in [2.45, 2.75) is 26.7 Å². The van der Waals surface area contributed by atoms with Gasteiger partial charge < -0.3 is 10.5 Å². The SMILES string of the molecule is CC(C)COc1ccc(N)c(C(=O)CN2CCCC2)c1. The van der Waals surface area contributed by atoms with Gasteiger partial charge in [-0.25, -0.2) is 0 Å². The number of nitrogen functional groups attached to an aromatic ring is 1. The van der Waals surface area contributed by atoms with Crippen LogP contribution < -0.4 is 10.5 Å². The van der Waals surface area contributed by atoms with Crippen molar-refractivity contribution in [3.05, 3.63) is 23.8 Å². The number of Topliss-reactive ketones (excluding diaryl/α,β-unsaturated/α-hetero) is 1. The number of hydrogen-bond acceptors (Lipinski definition) is 4. The van der Waals surface area contributed by atoms with Crippen molar-refractivity contribution in [1.29, 1.82) is 0 Å². The maximum Gasteiger partial charge on any atom is 0.179 e. The Morgan fingerprint density at radius 3 is 2.70 bits per heavy atom. The van der Waals surface area contributed by atoms with Crippen molar-refractivity contribution >= 4 is 11.5 Å². The second-order valence-electron chi connectivity index (χ2n) is 5.86. The van der Waals surface area contributed by atoms with Gasteiger partial charge in [-0.2, -0.15) is 0 Å². The lowest BCUT2D eigenvalue weighted by Crippen LogP contribution is -2.27. The average molecular weight is 276 g/mol. The number of rotatable bonds is 6. The highest BCUT2D eigenvalue weighted by Gasteiger charge is 2.18. The van der Waals surface area contributed by atoms with E-state index >= 15 is 0 Å². The number of ether oxygens (including phenoxy) is 1. The van der Waals surface area contributed by atoms with Gasteiger partial charge in [0.25, 0.3) is 0 Å². The summed E-state index contributed by atoms with van der Waals surface area (Å²) in [5.74, 6) is 1.26. The Hall–Kier alpha value is -1.55. The molecule has 0 saturated carbocycles. The lowest BCUT2D eigenvalue weighted by Gasteiger charge is -2.15. The molecule has 2 N–H and O–H groups in total. The molecule has 4 nitrogen and oxygen atoms in total. The Labute approximate surface area is 120 Å². The molecule has 4 heteroatoms. The fourth-order valence-electron chi connectivity index (χ4n) is 2.36. The number of hydrogen-bond donors (Lipinski definition) is 1. The summed E-state index contributed by atoms with van der Waals surface area (Å²) in [4.78, 5) is 14.5. The molecule has 1 fully saturated rings. The number of likely N-dealkylation sites (tertiary alicyclic amines) is 1. The lowest BCUT2D eigenvalue weighted by molar-refractivity contribution is 0.0945. The predicted molar refractivity (Wildman–Crippen MR) is 81.2 cm³/mol. The Morgan fingerprint density at radius 2 is 2.05 bits per heavy atom. The van der Waals surface area contributed by atoms with Crippen LogP contribution in [0.15, 0.2) is 18.2 Å². The second-order valence-corrected chi connectivity index (χ2v) is 5.86. The van der Waals surface area contributed by atoms with Crippen LogP contribution in [0, 0.1) is 5.92 Å². The van der Waals surface area contributed by atoms with Crippen molar-refractivity contribution in [3.8, 4) is 5.75 Å². The van der Waals surface area contributed by atoms with Gasteiger partial charge in [-0.3, -0.25) is 9.69 Å². The molecule has 0 spiro atoms. The third kappa shape index (κ3) is 3.97. The molecule has 0 bridgehead atoms. The van der Waals surface area contributed by atoms with Crippen LogP contribution in [-0.2, 0) is 0 Å². The van der Waals surface area contributed by atoms with Crippen LogP contribution in [0.1, 0.15) is 37.0 Å². The van der Waals surface area contributed by atoms with Crippen molar-refractivity contribution in [3.63, 3.8) is 0 Å². The summed E-state index contributed by atoms with van der Waals surface area (Å²) >= 11 is 0. The zero-order chi connectivity index (χ0) is 14.5. The molecule has 0 aliphatic carbocycles. The summed E-state index contributed by atoms with van der Waals surface area (Å²) in [6.07, 6.45) is 2.36. The van der Waals surface area contributed by atoms with Crippen molar-refractivity contribution < 1.29 is 9.53 Å². The van der Waals surface area contributed by atoms with E-state index in [1.165, 1.54) is 12.8 Å². The topological polar surface area (TPSA) is 55.6 Å². The Balaban J connectivity index is 2.04. The molecule has 1 saturated heterocycles. The zero-order valence-corrected chi connectivity index (χ0v) is 12.4. The van der Waals surface area contributed by atoms with Crippen LogP contribution >= 0.6 is 0 Å². The highest BCUT2D eigenvalue weighted by atomic mass is 16.5. The Morgan fingerprint density at radius 1 is 1.35 bits per heavy atom. The fourth-order valence-corrected chi connectivity index (χ4v) is 2.36. The van der Waals surface area contributed by atoms with Crippen LogP contribution in [0.25, 0.3) is 0 Å². The number of ketones is 1. The summed E-state index contributed by atoms with van der Waals surface area (Å²) in [6, 6.07) is 5.35. The van der Waals surface area contributed by atoms with Gasteiger partial charge in [-0.05, 0) is 50.0 Å². The van der Waals surface area contributed by atoms with Crippen LogP contribution in [0.5, 0.6) is 5.75 Å². The van der Waals surface area contributed by atoms with Gasteiger partial charge in [0.05, 0.1) is 13.2 Å². The van der Waals surface area contributed by atoms with Crippen molar-refractivity contribution in [2.75, 3.05) is 32.0 Å². The average Bonchev–Trinajstić information content (AvgIpc) is 2.90. The minimum atomic E-state index is 0.0828. The minimum Gasteiger partial charge on any atom is -0.493 e. The van der Waals surface area contributed by atoms with Gasteiger partial charge in [-0.15, -0.1) is 0 Å². The smallest absolute Gasteiger partial charge is 0.179 e. The number of nitrogens with zero attached hydrogens (tertiary/aromatic N) is 1. The Kier molecular flexibility index (Phi) is 5.01. The van der Waals surface area contributed by atoms with E-state index in [0.29, 0.717) is 30.3 Å². The van der Waals surface area contributed by atoms with Gasteiger partial charge in [0.15, 0.2) is 5.78 Å². The van der Waals surface area contributed by atoms with E-state index in [9.17, 15) is 4.79 Å². The molecule has 1 aromatic rings. The van der Waals surface area contributed by atoms with Gasteiger partial charge in [-0.1, -0.05) is 13.8 Å². The maximum atomic E-state index is 12.3. The number of anilines is 1. The first-order chi connectivity index (χ1) is 9.56. The van der Waals surface area contributed by atoms with E-state index in [1.54, 1.807) is 12.1 Å². The third-order valence-electron chi connectivity index (χ3n) is 3.47. The summed E-state index contributed by atoms with van der Waals surface area (Å²) < 4.78 is 5.66. The Bertz CT molecular complexity index is 466. The maximum absolute atomic E-state index is 12.3. The number of nitrogens with two attached hydrogens (primary N) is 1. The minimum absolute atomic E-state index is 0.0828. The fraction of sp³-hybridized carbons (Fsp3) is 0.562. The zero-order valence-electron chi connectivity index (χ0n) is 12.4. The standard InChI is InChI=1S/C16H24N2O2/c1-12(2)11-20-13-5-6-15(17)14(9-13)16(19)10-18-7-3-4-8-18/h5-6,9,12H,3-4,7-8,10-11,17H2,1-2H3. The van der Waals surface area contributed by atoms with E-state index in [0.717, 1.165) is 18.8 Å². The van der Waals surface area contributed by atoms with Crippen molar-refractivity contribution in [1.82, 2.24) is 4.90 Å². The monoisotopic (exact) mass is 276 g/mol. The molecular weight excluding hydrogens is 252 g/mol. The second kappa shape index (κ2) is 6.75. The quantitative estimate of drug-likeness (QED) is 0.641. The predicted octanol–water partition coefficient (Wildman–Crippen LogP) is 2.58. The molecular formula is C16H24N2O2. The molecule has 1 heterocycles. The summed E-state index contributed by atoms with van der Waals surface area (Å²) in [6.45, 7) is 7.30. The van der Waals surface area contributed by atoms with Gasteiger partial charge >= 0.3 is 0 Å². The largest absolute Gasteiger partial charge is 0.493 e. The molecule has 1 aromatic carbocycles. The molecule has 0 amide bonds. The summed E-state index contributed by atoms with van der Waals surface area (Å²) in [5, 5.41) is 0. The van der Waals surface area contributed by atoms with Gasteiger partial charge in [0, 0.05) is 11.3 Å². The van der Waals surface area contributed by atoms with Gasteiger partial charge in [0.2, 0.25) is 0 Å². The summed E-state index contributed by atoms with van der Waals surface area (Å²) in [5.41, 5.74) is 7.04. The van der Waals surface area contributed by atoms with Crippen LogP contribution in [0.2, 0.25) is 0 Å². The molecule has 0 radical (unpaired) electrons. The molecule has 1 aliphatic heterocycles. The van der Waals surface area contributed by atoms with E-state index in [-0.39, 0.29) is 5.78 Å². The molecule has 0 atom stereocenters. The van der Waals surface area contributed by atoms with E-state index in [4.69, 9.17) is 10.5 Å². The van der Waals surface area contributed by atoms with E-state index in [2.05, 4.69) is 18.7 Å². The highest BCUT2D eigenvalue weighted by molar-refractivity contribution is 6.02. The van der Waals surface area contributed by atoms with Crippen LogP contribution in [0.3, 0.4) is 0 Å². The van der Waals surface area contributed by atoms with Gasteiger partial charge in [0.1, 0.15) is 5.75 Å². The first-order valence-electron chi connectivity index (χ1n) is 7.34. The van der Waals surface area contributed by atoms with Crippen LogP contribution in [-0.4, -0.2) is 36.9 Å². The third-order valence-corrected chi connectivity index (χ3v) is 3.47. The molecule has 2 rings (SSSR count). The first kappa shape index (κ1) is 14.9. The van der Waals surface area contributed by atoms with E-state index < -0.39 is 0 Å². The summed E-state index contributed by atoms with van der Waals surface area (Å²) in [7, 11) is 0. The molecule has 1 aliphatic rings. The molecule has 20 heavy (non-hydrogen) atoms. The van der Waals surface area contributed by atoms with Crippen molar-refractivity contribution in [2.24, 2.45) is 5.92 Å². The molecule has 110 valence electrons. The number of benzene rings is 1. The first-order valence-corrected chi connectivity index (χ1v) is 7.34. The normalized spacial score (nSPS) is 15.8. The molecule has 0 aromatic heterocycles. The van der Waals surface area contributed by atoms with Crippen LogP contribution in [0.4, 0.5) is 5.69 Å². The lowest BCUT2D eigenvalue weighted by atomic mass is 10.1. The highest BCUT2D eigenvalue weighted by Crippen LogP contribution is 2.21. The molecule has 0 unspecified atom stereocenters. The van der Waals surface area contributed by atoms with E-state index in [1.807, 2.05) is 6.07 Å².